The van der Waals surface area contributed by atoms with Crippen LogP contribution in [0.15, 0.2) is 53.0 Å². The second-order valence-electron chi connectivity index (χ2n) is 6.20. The first-order valence-corrected chi connectivity index (χ1v) is 9.66. The summed E-state index contributed by atoms with van der Waals surface area (Å²) in [6.07, 6.45) is 3.18. The van der Waals surface area contributed by atoms with E-state index < -0.39 is 0 Å². The van der Waals surface area contributed by atoms with E-state index in [1.54, 1.807) is 42.4 Å². The van der Waals surface area contributed by atoms with Crippen LogP contribution < -0.4 is 10.1 Å². The molecule has 1 saturated heterocycles. The number of methoxy groups -OCH3 is 1. The monoisotopic (exact) mass is 444 g/mol. The second kappa shape index (κ2) is 9.52. The van der Waals surface area contributed by atoms with Crippen LogP contribution in [0.2, 0.25) is 0 Å². The summed E-state index contributed by atoms with van der Waals surface area (Å²) < 4.78 is 11.3. The Hall–Kier alpha value is -2.64. The van der Waals surface area contributed by atoms with Gasteiger partial charge in [-0.2, -0.15) is 0 Å². The van der Waals surface area contributed by atoms with Crippen LogP contribution in [0, 0.1) is 0 Å². The summed E-state index contributed by atoms with van der Waals surface area (Å²) in [5, 5.41) is 2.79. The molecule has 7 heteroatoms. The SMILES string of the molecule is COc1ccc(/C=C/C(=O)Nc2ccc(C(=O)N3CCOCC3)cc2)cc1Br. The Morgan fingerprint density at radius 3 is 2.50 bits per heavy atom. The molecule has 1 heterocycles. The summed E-state index contributed by atoms with van der Waals surface area (Å²) >= 11 is 3.42. The van der Waals surface area contributed by atoms with Crippen LogP contribution >= 0.6 is 15.9 Å². The molecule has 0 unspecified atom stereocenters. The molecule has 0 radical (unpaired) electrons. The van der Waals surface area contributed by atoms with Crippen LogP contribution in [0.3, 0.4) is 0 Å². The number of nitrogens with zero attached hydrogens (tertiary/aromatic N) is 1. The number of hydrogen-bond acceptors (Lipinski definition) is 4. The lowest BCUT2D eigenvalue weighted by Gasteiger charge is -2.26. The Kier molecular flexibility index (Phi) is 6.84. The summed E-state index contributed by atoms with van der Waals surface area (Å²) in [7, 11) is 1.60. The summed E-state index contributed by atoms with van der Waals surface area (Å²) in [6.45, 7) is 2.33. The van der Waals surface area contributed by atoms with Crippen LogP contribution in [0.5, 0.6) is 5.75 Å². The maximum absolute atomic E-state index is 12.4. The molecule has 2 aromatic carbocycles. The average Bonchev–Trinajstić information content (AvgIpc) is 2.73. The van der Waals surface area contributed by atoms with Gasteiger partial charge in [0, 0.05) is 30.4 Å². The maximum atomic E-state index is 12.4. The highest BCUT2D eigenvalue weighted by atomic mass is 79.9. The lowest BCUT2D eigenvalue weighted by atomic mass is 10.1. The second-order valence-corrected chi connectivity index (χ2v) is 7.05. The number of hydrogen-bond donors (Lipinski definition) is 1. The highest BCUT2D eigenvalue weighted by Gasteiger charge is 2.18. The van der Waals surface area contributed by atoms with Gasteiger partial charge in [-0.15, -0.1) is 0 Å². The third-order valence-electron chi connectivity index (χ3n) is 4.30. The highest BCUT2D eigenvalue weighted by Crippen LogP contribution is 2.26. The number of ether oxygens (including phenoxy) is 2. The molecular weight excluding hydrogens is 424 g/mol. The first-order chi connectivity index (χ1) is 13.6. The topological polar surface area (TPSA) is 67.9 Å². The molecule has 2 amide bonds. The fourth-order valence-electron chi connectivity index (χ4n) is 2.79. The highest BCUT2D eigenvalue weighted by molar-refractivity contribution is 9.10. The molecule has 28 heavy (non-hydrogen) atoms. The van der Waals surface area contributed by atoms with E-state index in [1.807, 2.05) is 18.2 Å². The first kappa shape index (κ1) is 20.1. The molecule has 0 aromatic heterocycles. The molecule has 3 rings (SSSR count). The van der Waals surface area contributed by atoms with Crippen molar-refractivity contribution >= 4 is 39.5 Å². The van der Waals surface area contributed by atoms with E-state index in [9.17, 15) is 9.59 Å². The Labute approximate surface area is 172 Å². The third kappa shape index (κ3) is 5.21. The summed E-state index contributed by atoms with van der Waals surface area (Å²) in [5.74, 6) is 0.457. The Bertz CT molecular complexity index is 874. The van der Waals surface area contributed by atoms with Gasteiger partial charge >= 0.3 is 0 Å². The van der Waals surface area contributed by atoms with Crippen LogP contribution in [0.4, 0.5) is 5.69 Å². The van der Waals surface area contributed by atoms with Gasteiger partial charge in [-0.3, -0.25) is 9.59 Å². The van der Waals surface area contributed by atoms with Crippen LogP contribution in [-0.4, -0.2) is 50.1 Å². The molecule has 146 valence electrons. The van der Waals surface area contributed by atoms with Crippen LogP contribution in [-0.2, 0) is 9.53 Å². The fraction of sp³-hybridized carbons (Fsp3) is 0.238. The van der Waals surface area contributed by atoms with Crippen molar-refractivity contribution in [1.29, 1.82) is 0 Å². The molecule has 6 nitrogen and oxygen atoms in total. The Morgan fingerprint density at radius 1 is 1.14 bits per heavy atom. The van der Waals surface area contributed by atoms with Crippen molar-refractivity contribution in [2.75, 3.05) is 38.7 Å². The van der Waals surface area contributed by atoms with E-state index in [-0.39, 0.29) is 11.8 Å². The standard InChI is InChI=1S/C21H21BrN2O4/c1-27-19-8-2-15(14-18(19)22)3-9-20(25)23-17-6-4-16(5-7-17)21(26)24-10-12-28-13-11-24/h2-9,14H,10-13H2,1H3,(H,23,25)/b9-3+. The van der Waals surface area contributed by atoms with Crippen molar-refractivity contribution in [2.24, 2.45) is 0 Å². The van der Waals surface area contributed by atoms with Crippen molar-refractivity contribution in [1.82, 2.24) is 4.90 Å². The number of amides is 2. The van der Waals surface area contributed by atoms with Gasteiger partial charge in [0.2, 0.25) is 5.91 Å². The van der Waals surface area contributed by atoms with E-state index in [0.717, 1.165) is 15.8 Å². The largest absolute Gasteiger partial charge is 0.496 e. The first-order valence-electron chi connectivity index (χ1n) is 8.86. The smallest absolute Gasteiger partial charge is 0.254 e. The number of rotatable bonds is 5. The van der Waals surface area contributed by atoms with Gasteiger partial charge in [0.1, 0.15) is 5.75 Å². The van der Waals surface area contributed by atoms with Crippen molar-refractivity contribution in [3.63, 3.8) is 0 Å². The maximum Gasteiger partial charge on any atom is 0.254 e. The molecule has 2 aromatic rings. The average molecular weight is 445 g/mol. The minimum absolute atomic E-state index is 0.0221. The quantitative estimate of drug-likeness (QED) is 0.715. The number of morpholine rings is 1. The zero-order valence-electron chi connectivity index (χ0n) is 15.5. The molecule has 0 bridgehead atoms. The molecule has 0 saturated carbocycles. The minimum Gasteiger partial charge on any atom is -0.496 e. The molecular formula is C21H21BrN2O4. The van der Waals surface area contributed by atoms with Gasteiger partial charge in [-0.05, 0) is 64.0 Å². The summed E-state index contributed by atoms with van der Waals surface area (Å²) in [4.78, 5) is 26.3. The Morgan fingerprint density at radius 2 is 1.86 bits per heavy atom. The van der Waals surface area contributed by atoms with Crippen molar-refractivity contribution in [3.05, 3.63) is 64.1 Å². The van der Waals surface area contributed by atoms with Crippen molar-refractivity contribution in [2.45, 2.75) is 0 Å². The summed E-state index contributed by atoms with van der Waals surface area (Å²) in [6, 6.07) is 12.4. The normalized spacial score (nSPS) is 14.1. The minimum atomic E-state index is -0.251. The van der Waals surface area contributed by atoms with E-state index in [1.165, 1.54) is 6.08 Å². The molecule has 1 fully saturated rings. The van der Waals surface area contributed by atoms with E-state index >= 15 is 0 Å². The molecule has 0 atom stereocenters. The number of halogens is 1. The number of anilines is 1. The van der Waals surface area contributed by atoms with E-state index in [0.29, 0.717) is 37.6 Å². The zero-order valence-corrected chi connectivity index (χ0v) is 17.1. The predicted octanol–water partition coefficient (Wildman–Crippen LogP) is 3.58. The lowest BCUT2D eigenvalue weighted by Crippen LogP contribution is -2.40. The number of benzene rings is 2. The molecule has 1 aliphatic heterocycles. The van der Waals surface area contributed by atoms with Gasteiger partial charge in [0.15, 0.2) is 0 Å². The van der Waals surface area contributed by atoms with E-state index in [2.05, 4.69) is 21.2 Å². The predicted molar refractivity (Wildman–Crippen MR) is 112 cm³/mol. The summed E-state index contributed by atoms with van der Waals surface area (Å²) in [5.41, 5.74) is 2.09. The van der Waals surface area contributed by atoms with Gasteiger partial charge in [-0.1, -0.05) is 6.07 Å². The molecule has 0 aliphatic carbocycles. The lowest BCUT2D eigenvalue weighted by molar-refractivity contribution is -0.111. The van der Waals surface area contributed by atoms with Gasteiger partial charge in [-0.25, -0.2) is 0 Å². The fourth-order valence-corrected chi connectivity index (χ4v) is 3.35. The molecule has 0 spiro atoms. The van der Waals surface area contributed by atoms with Gasteiger partial charge < -0.3 is 19.7 Å². The van der Waals surface area contributed by atoms with Gasteiger partial charge in [0.25, 0.3) is 5.91 Å². The molecule has 1 aliphatic rings. The zero-order chi connectivity index (χ0) is 19.9. The number of carbonyl (C=O) groups excluding carboxylic acids is 2. The number of nitrogens with one attached hydrogen (secondary N) is 1. The van der Waals surface area contributed by atoms with Crippen LogP contribution in [0.1, 0.15) is 15.9 Å². The van der Waals surface area contributed by atoms with Crippen molar-refractivity contribution < 1.29 is 19.1 Å². The van der Waals surface area contributed by atoms with Crippen LogP contribution in [0.25, 0.3) is 6.08 Å². The Balaban J connectivity index is 1.58. The molecule has 1 N–H and O–H groups in total. The number of carbonyl (C=O) groups is 2. The van der Waals surface area contributed by atoms with Gasteiger partial charge in [0.05, 0.1) is 24.8 Å². The third-order valence-corrected chi connectivity index (χ3v) is 4.92. The van der Waals surface area contributed by atoms with E-state index in [4.69, 9.17) is 9.47 Å². The van der Waals surface area contributed by atoms with Crippen molar-refractivity contribution in [3.8, 4) is 5.75 Å².